The first-order valence-electron chi connectivity index (χ1n) is 12.0. The number of rotatable bonds is 6. The third-order valence-electron chi connectivity index (χ3n) is 6.43. The standard InChI is InChI=1S/C24H31N7O3S/c1-16(32)24(33)31-7-5-29(6-8-31)15-18-13-19-22(30-9-11-34-12-10-30)27-21(28-23(19)35-18)17-3-4-20(25-2)26-14-17/h3-4,13-14,16,32H,5-12,15H2,1-2H3,(H,25,26)/t16-/m0/s1. The number of nitrogens with zero attached hydrogens (tertiary/aromatic N) is 6. The number of hydrogen-bond acceptors (Lipinski definition) is 10. The zero-order valence-electron chi connectivity index (χ0n) is 20.1. The minimum Gasteiger partial charge on any atom is -0.384 e. The van der Waals surface area contributed by atoms with Gasteiger partial charge in [-0.2, -0.15) is 0 Å². The van der Waals surface area contributed by atoms with Gasteiger partial charge in [-0.3, -0.25) is 9.69 Å². The molecule has 3 aromatic heterocycles. The maximum atomic E-state index is 12.1. The fourth-order valence-electron chi connectivity index (χ4n) is 4.46. The highest BCUT2D eigenvalue weighted by Crippen LogP contribution is 2.34. The Morgan fingerprint density at radius 1 is 1.17 bits per heavy atom. The van der Waals surface area contributed by atoms with Crippen LogP contribution in [0, 0.1) is 0 Å². The van der Waals surface area contributed by atoms with Gasteiger partial charge in [0.25, 0.3) is 5.91 Å². The number of anilines is 2. The number of amides is 1. The van der Waals surface area contributed by atoms with Gasteiger partial charge in [0.05, 0.1) is 18.6 Å². The van der Waals surface area contributed by atoms with E-state index < -0.39 is 6.10 Å². The monoisotopic (exact) mass is 497 g/mol. The molecule has 0 unspecified atom stereocenters. The summed E-state index contributed by atoms with van der Waals surface area (Å²) in [6, 6.07) is 6.13. The van der Waals surface area contributed by atoms with E-state index in [-0.39, 0.29) is 5.91 Å². The van der Waals surface area contributed by atoms with E-state index in [9.17, 15) is 9.90 Å². The quantitative estimate of drug-likeness (QED) is 0.526. The van der Waals surface area contributed by atoms with Crippen LogP contribution < -0.4 is 10.2 Å². The van der Waals surface area contributed by atoms with E-state index in [4.69, 9.17) is 14.7 Å². The molecule has 2 saturated heterocycles. The number of fused-ring (bicyclic) bond motifs is 1. The van der Waals surface area contributed by atoms with Crippen molar-refractivity contribution in [1.82, 2.24) is 24.8 Å². The van der Waals surface area contributed by atoms with E-state index in [2.05, 4.69) is 26.2 Å². The molecule has 5 rings (SSSR count). The molecule has 2 N–H and O–H groups in total. The van der Waals surface area contributed by atoms with Crippen LogP contribution in [0.1, 0.15) is 11.8 Å². The fraction of sp³-hybridized carbons (Fsp3) is 0.500. The fourth-order valence-corrected chi connectivity index (χ4v) is 5.53. The molecule has 11 heteroatoms. The molecule has 0 radical (unpaired) electrons. The number of aliphatic hydroxyl groups excluding tert-OH is 1. The average molecular weight is 498 g/mol. The Balaban J connectivity index is 1.41. The summed E-state index contributed by atoms with van der Waals surface area (Å²) in [5, 5.41) is 13.7. The van der Waals surface area contributed by atoms with Crippen molar-refractivity contribution in [3.8, 4) is 11.4 Å². The van der Waals surface area contributed by atoms with Crippen LogP contribution in [0.3, 0.4) is 0 Å². The van der Waals surface area contributed by atoms with E-state index in [1.165, 1.54) is 11.8 Å². The van der Waals surface area contributed by atoms with Gasteiger partial charge in [0.1, 0.15) is 22.6 Å². The number of morpholine rings is 1. The normalized spacial score (nSPS) is 18.1. The molecule has 186 valence electrons. The lowest BCUT2D eigenvalue weighted by Gasteiger charge is -2.35. The summed E-state index contributed by atoms with van der Waals surface area (Å²) in [6.07, 6.45) is 0.860. The molecular weight excluding hydrogens is 466 g/mol. The maximum absolute atomic E-state index is 12.1. The third kappa shape index (κ3) is 5.22. The average Bonchev–Trinajstić information content (AvgIpc) is 3.31. The second-order valence-corrected chi connectivity index (χ2v) is 9.98. The number of nitrogens with one attached hydrogen (secondary N) is 1. The number of aromatic nitrogens is 3. The SMILES string of the molecule is CNc1ccc(-c2nc(N3CCOCC3)c3cc(CN4CCN(C(=O)[C@H](C)O)CC4)sc3n2)cn1. The first-order chi connectivity index (χ1) is 17.0. The topological polar surface area (TPSA) is 107 Å². The summed E-state index contributed by atoms with van der Waals surface area (Å²) in [5.74, 6) is 2.23. The van der Waals surface area contributed by atoms with Crippen LogP contribution in [-0.4, -0.2) is 101 Å². The van der Waals surface area contributed by atoms with Gasteiger partial charge in [0.2, 0.25) is 0 Å². The smallest absolute Gasteiger partial charge is 0.251 e. The molecule has 2 fully saturated rings. The predicted molar refractivity (Wildman–Crippen MR) is 137 cm³/mol. The van der Waals surface area contributed by atoms with Gasteiger partial charge in [-0.15, -0.1) is 11.3 Å². The maximum Gasteiger partial charge on any atom is 0.251 e. The summed E-state index contributed by atoms with van der Waals surface area (Å²) >= 11 is 1.69. The predicted octanol–water partition coefficient (Wildman–Crippen LogP) is 1.66. The van der Waals surface area contributed by atoms with Gasteiger partial charge in [0.15, 0.2) is 5.82 Å². The van der Waals surface area contributed by atoms with Crippen LogP contribution in [0.15, 0.2) is 24.4 Å². The molecule has 0 spiro atoms. The molecule has 0 aliphatic carbocycles. The van der Waals surface area contributed by atoms with E-state index >= 15 is 0 Å². The van der Waals surface area contributed by atoms with E-state index in [1.807, 2.05) is 19.2 Å². The molecule has 35 heavy (non-hydrogen) atoms. The van der Waals surface area contributed by atoms with Crippen molar-refractivity contribution in [3.63, 3.8) is 0 Å². The zero-order chi connectivity index (χ0) is 24.4. The van der Waals surface area contributed by atoms with Crippen LogP contribution in [0.25, 0.3) is 21.6 Å². The zero-order valence-corrected chi connectivity index (χ0v) is 20.9. The van der Waals surface area contributed by atoms with Gasteiger partial charge >= 0.3 is 0 Å². The molecule has 10 nitrogen and oxygen atoms in total. The molecule has 2 aliphatic heterocycles. The Kier molecular flexibility index (Phi) is 7.09. The Morgan fingerprint density at radius 2 is 1.94 bits per heavy atom. The molecule has 0 aromatic carbocycles. The summed E-state index contributed by atoms with van der Waals surface area (Å²) in [4.78, 5) is 35.0. The van der Waals surface area contributed by atoms with Crippen molar-refractivity contribution in [1.29, 1.82) is 0 Å². The molecular formula is C24H31N7O3S. The van der Waals surface area contributed by atoms with Crippen LogP contribution >= 0.6 is 11.3 Å². The number of piperazine rings is 1. The third-order valence-corrected chi connectivity index (χ3v) is 7.45. The van der Waals surface area contributed by atoms with Gasteiger partial charge in [-0.1, -0.05) is 0 Å². The Labute approximate surface area is 208 Å². The molecule has 1 atom stereocenters. The van der Waals surface area contributed by atoms with E-state index in [1.54, 1.807) is 22.4 Å². The number of ether oxygens (including phenoxy) is 1. The van der Waals surface area contributed by atoms with Crippen LogP contribution in [0.5, 0.6) is 0 Å². The highest BCUT2D eigenvalue weighted by atomic mass is 32.1. The van der Waals surface area contributed by atoms with E-state index in [0.29, 0.717) is 32.1 Å². The van der Waals surface area contributed by atoms with Crippen LogP contribution in [-0.2, 0) is 16.1 Å². The highest BCUT2D eigenvalue weighted by Gasteiger charge is 2.25. The van der Waals surface area contributed by atoms with Gasteiger partial charge < -0.3 is 25.0 Å². The number of pyridine rings is 1. The molecule has 3 aromatic rings. The van der Waals surface area contributed by atoms with Crippen LogP contribution in [0.2, 0.25) is 0 Å². The number of thiophene rings is 1. The lowest BCUT2D eigenvalue weighted by Crippen LogP contribution is -2.50. The van der Waals surface area contributed by atoms with Crippen molar-refractivity contribution in [2.24, 2.45) is 0 Å². The van der Waals surface area contributed by atoms with Crippen molar-refractivity contribution in [2.45, 2.75) is 19.6 Å². The number of aliphatic hydroxyl groups is 1. The van der Waals surface area contributed by atoms with E-state index in [0.717, 1.165) is 60.1 Å². The highest BCUT2D eigenvalue weighted by molar-refractivity contribution is 7.18. The van der Waals surface area contributed by atoms with Gasteiger partial charge in [-0.05, 0) is 25.1 Å². The Morgan fingerprint density at radius 3 is 2.60 bits per heavy atom. The number of hydrogen-bond donors (Lipinski definition) is 2. The Bertz CT molecular complexity index is 1170. The Hall–Kier alpha value is -2.86. The first kappa shape index (κ1) is 23.9. The van der Waals surface area contributed by atoms with Crippen molar-refractivity contribution >= 4 is 39.1 Å². The van der Waals surface area contributed by atoms with Gasteiger partial charge in [-0.25, -0.2) is 15.0 Å². The van der Waals surface area contributed by atoms with Gasteiger partial charge in [0, 0.05) is 69.5 Å². The molecule has 0 bridgehead atoms. The molecule has 1 amide bonds. The molecule has 5 heterocycles. The largest absolute Gasteiger partial charge is 0.384 e. The molecule has 2 aliphatic rings. The number of carbonyl (C=O) groups is 1. The lowest BCUT2D eigenvalue weighted by molar-refractivity contribution is -0.141. The minimum absolute atomic E-state index is 0.193. The summed E-state index contributed by atoms with van der Waals surface area (Å²) in [7, 11) is 1.85. The second kappa shape index (κ2) is 10.4. The summed E-state index contributed by atoms with van der Waals surface area (Å²) < 4.78 is 5.57. The molecule has 0 saturated carbocycles. The first-order valence-corrected chi connectivity index (χ1v) is 12.8. The van der Waals surface area contributed by atoms with Crippen LogP contribution in [0.4, 0.5) is 11.6 Å². The number of carbonyl (C=O) groups excluding carboxylic acids is 1. The lowest BCUT2D eigenvalue weighted by atomic mass is 10.2. The minimum atomic E-state index is -0.944. The summed E-state index contributed by atoms with van der Waals surface area (Å²) in [6.45, 7) is 8.12. The summed E-state index contributed by atoms with van der Waals surface area (Å²) in [5.41, 5.74) is 0.884. The van der Waals surface area contributed by atoms with Crippen molar-refractivity contribution in [2.75, 3.05) is 69.7 Å². The van der Waals surface area contributed by atoms with Crippen molar-refractivity contribution in [3.05, 3.63) is 29.3 Å². The van der Waals surface area contributed by atoms with Crippen molar-refractivity contribution < 1.29 is 14.6 Å². The second-order valence-electron chi connectivity index (χ2n) is 8.86.